The fraction of sp³-hybridized carbons (Fsp3) is 0.417. The molecule has 4 heteroatoms. The summed E-state index contributed by atoms with van der Waals surface area (Å²) in [5.74, 6) is -1.94. The molecule has 1 saturated heterocycles. The fourth-order valence-electron chi connectivity index (χ4n) is 2.00. The summed E-state index contributed by atoms with van der Waals surface area (Å²) >= 11 is 0. The predicted octanol–water partition coefficient (Wildman–Crippen LogP) is 2.83. The van der Waals surface area contributed by atoms with Crippen LogP contribution in [0.5, 0.6) is 0 Å². The minimum atomic E-state index is -1.04. The molecule has 0 N–H and O–H groups in total. The number of nitrogens with zero attached hydrogens (tertiary/aromatic N) is 2. The predicted molar refractivity (Wildman–Crippen MR) is 57.1 cm³/mol. The van der Waals surface area contributed by atoms with E-state index in [2.05, 4.69) is 0 Å². The van der Waals surface area contributed by atoms with E-state index < -0.39 is 11.6 Å². The van der Waals surface area contributed by atoms with Crippen LogP contribution in [0.1, 0.15) is 24.8 Å². The van der Waals surface area contributed by atoms with Gasteiger partial charge in [-0.3, -0.25) is 0 Å². The zero-order chi connectivity index (χ0) is 11.5. The van der Waals surface area contributed by atoms with Crippen LogP contribution in [-0.2, 0) is 0 Å². The number of halogens is 2. The summed E-state index contributed by atoms with van der Waals surface area (Å²) < 4.78 is 27.1. The molecular weight excluding hydrogens is 210 g/mol. The SMILES string of the molecule is N#Cc1ccc(N2CCCCC2)c(F)c1F. The molecule has 1 aliphatic heterocycles. The van der Waals surface area contributed by atoms with E-state index in [-0.39, 0.29) is 11.3 Å². The van der Waals surface area contributed by atoms with Gasteiger partial charge in [-0.05, 0) is 31.4 Å². The number of benzene rings is 1. The maximum atomic E-state index is 13.7. The van der Waals surface area contributed by atoms with E-state index in [9.17, 15) is 8.78 Å². The third-order valence-electron chi connectivity index (χ3n) is 2.88. The summed E-state index contributed by atoms with van der Waals surface area (Å²) in [4.78, 5) is 1.84. The van der Waals surface area contributed by atoms with E-state index in [0.29, 0.717) is 0 Å². The van der Waals surface area contributed by atoms with Crippen molar-refractivity contribution in [3.8, 4) is 6.07 Å². The summed E-state index contributed by atoms with van der Waals surface area (Å²) in [6.07, 6.45) is 3.14. The van der Waals surface area contributed by atoms with Crippen LogP contribution in [0.25, 0.3) is 0 Å². The molecule has 0 spiro atoms. The summed E-state index contributed by atoms with van der Waals surface area (Å²) in [6, 6.07) is 4.46. The first kappa shape index (κ1) is 10.9. The molecule has 0 atom stereocenters. The van der Waals surface area contributed by atoms with Crippen molar-refractivity contribution in [2.45, 2.75) is 19.3 Å². The van der Waals surface area contributed by atoms with Gasteiger partial charge >= 0.3 is 0 Å². The lowest BCUT2D eigenvalue weighted by atomic mass is 10.1. The standard InChI is InChI=1S/C12H12F2N2/c13-11-9(8-15)4-5-10(12(11)14)16-6-2-1-3-7-16/h4-5H,1-3,6-7H2. The summed E-state index contributed by atoms with van der Waals surface area (Å²) in [7, 11) is 0. The molecule has 0 amide bonds. The molecule has 0 aromatic heterocycles. The van der Waals surface area contributed by atoms with Crippen molar-refractivity contribution >= 4 is 5.69 Å². The van der Waals surface area contributed by atoms with E-state index in [1.54, 1.807) is 6.07 Å². The first-order valence-electron chi connectivity index (χ1n) is 5.37. The van der Waals surface area contributed by atoms with Crippen molar-refractivity contribution in [3.05, 3.63) is 29.3 Å². The molecule has 1 aromatic rings. The normalized spacial score (nSPS) is 15.9. The maximum Gasteiger partial charge on any atom is 0.183 e. The molecule has 1 fully saturated rings. The topological polar surface area (TPSA) is 27.0 Å². The van der Waals surface area contributed by atoms with Crippen molar-refractivity contribution in [3.63, 3.8) is 0 Å². The second-order valence-electron chi connectivity index (χ2n) is 3.92. The van der Waals surface area contributed by atoms with Gasteiger partial charge in [-0.25, -0.2) is 8.78 Å². The number of hydrogen-bond acceptors (Lipinski definition) is 2. The Hall–Kier alpha value is -1.63. The maximum absolute atomic E-state index is 13.7. The molecule has 1 aliphatic rings. The highest BCUT2D eigenvalue weighted by Crippen LogP contribution is 2.26. The number of rotatable bonds is 1. The molecule has 16 heavy (non-hydrogen) atoms. The Bertz CT molecular complexity index is 431. The van der Waals surface area contributed by atoms with E-state index in [1.165, 1.54) is 12.1 Å². The lowest BCUT2D eigenvalue weighted by Crippen LogP contribution is -2.30. The number of piperidine rings is 1. The van der Waals surface area contributed by atoms with Gasteiger partial charge in [0.25, 0.3) is 0 Å². The van der Waals surface area contributed by atoms with Crippen molar-refractivity contribution in [1.29, 1.82) is 5.26 Å². The van der Waals surface area contributed by atoms with Gasteiger partial charge in [0.2, 0.25) is 0 Å². The van der Waals surface area contributed by atoms with Gasteiger partial charge in [0, 0.05) is 13.1 Å². The van der Waals surface area contributed by atoms with Crippen molar-refractivity contribution < 1.29 is 8.78 Å². The Morgan fingerprint density at radius 2 is 1.75 bits per heavy atom. The van der Waals surface area contributed by atoms with Crippen molar-refractivity contribution in [1.82, 2.24) is 0 Å². The second-order valence-corrected chi connectivity index (χ2v) is 3.92. The third-order valence-corrected chi connectivity index (χ3v) is 2.88. The number of nitriles is 1. The van der Waals surface area contributed by atoms with E-state index in [1.807, 2.05) is 4.90 Å². The van der Waals surface area contributed by atoms with E-state index >= 15 is 0 Å². The quantitative estimate of drug-likeness (QED) is 0.730. The van der Waals surface area contributed by atoms with Gasteiger partial charge in [-0.2, -0.15) is 5.26 Å². The smallest absolute Gasteiger partial charge is 0.183 e. The first-order valence-corrected chi connectivity index (χ1v) is 5.37. The average molecular weight is 222 g/mol. The van der Waals surface area contributed by atoms with Crippen LogP contribution in [-0.4, -0.2) is 13.1 Å². The number of anilines is 1. The molecular formula is C12H12F2N2. The zero-order valence-electron chi connectivity index (χ0n) is 8.84. The van der Waals surface area contributed by atoms with Gasteiger partial charge in [0.05, 0.1) is 11.3 Å². The van der Waals surface area contributed by atoms with Gasteiger partial charge in [0.1, 0.15) is 6.07 Å². The van der Waals surface area contributed by atoms with Gasteiger partial charge < -0.3 is 4.90 Å². The minimum absolute atomic E-state index is 0.238. The molecule has 0 unspecified atom stereocenters. The Morgan fingerprint density at radius 3 is 2.38 bits per heavy atom. The summed E-state index contributed by atoms with van der Waals surface area (Å²) in [5.41, 5.74) is 0.0365. The lowest BCUT2D eigenvalue weighted by Gasteiger charge is -2.29. The molecule has 0 radical (unpaired) electrons. The fourth-order valence-corrected chi connectivity index (χ4v) is 2.00. The molecule has 0 bridgehead atoms. The lowest BCUT2D eigenvalue weighted by molar-refractivity contribution is 0.495. The first-order chi connectivity index (χ1) is 7.74. The van der Waals surface area contributed by atoms with Crippen LogP contribution in [0.4, 0.5) is 14.5 Å². The van der Waals surface area contributed by atoms with Gasteiger partial charge in [0.15, 0.2) is 11.6 Å². The highest BCUT2D eigenvalue weighted by Gasteiger charge is 2.19. The molecule has 1 aromatic carbocycles. The monoisotopic (exact) mass is 222 g/mol. The van der Waals surface area contributed by atoms with E-state index in [4.69, 9.17) is 5.26 Å². The van der Waals surface area contributed by atoms with Crippen molar-refractivity contribution in [2.75, 3.05) is 18.0 Å². The highest BCUT2D eigenvalue weighted by molar-refractivity contribution is 5.52. The average Bonchev–Trinajstić information content (AvgIpc) is 2.34. The third kappa shape index (κ3) is 1.85. The Kier molecular flexibility index (Phi) is 3.04. The van der Waals surface area contributed by atoms with Crippen LogP contribution in [0, 0.1) is 23.0 Å². The molecule has 84 valence electrons. The minimum Gasteiger partial charge on any atom is -0.369 e. The van der Waals surface area contributed by atoms with Crippen LogP contribution < -0.4 is 4.90 Å². The van der Waals surface area contributed by atoms with Crippen LogP contribution in [0.3, 0.4) is 0 Å². The second kappa shape index (κ2) is 4.48. The highest BCUT2D eigenvalue weighted by atomic mass is 19.2. The molecule has 2 rings (SSSR count). The van der Waals surface area contributed by atoms with Crippen LogP contribution >= 0.6 is 0 Å². The van der Waals surface area contributed by atoms with E-state index in [0.717, 1.165) is 32.4 Å². The van der Waals surface area contributed by atoms with Crippen LogP contribution in [0.15, 0.2) is 12.1 Å². The van der Waals surface area contributed by atoms with Crippen molar-refractivity contribution in [2.24, 2.45) is 0 Å². The van der Waals surface area contributed by atoms with Crippen LogP contribution in [0.2, 0.25) is 0 Å². The zero-order valence-corrected chi connectivity index (χ0v) is 8.84. The Balaban J connectivity index is 2.35. The summed E-state index contributed by atoms with van der Waals surface area (Å²) in [5, 5.41) is 8.57. The molecule has 2 nitrogen and oxygen atoms in total. The van der Waals surface area contributed by atoms with Gasteiger partial charge in [-0.15, -0.1) is 0 Å². The Morgan fingerprint density at radius 1 is 1.06 bits per heavy atom. The van der Waals surface area contributed by atoms with Gasteiger partial charge in [-0.1, -0.05) is 0 Å². The molecule has 0 aliphatic carbocycles. The Labute approximate surface area is 93.1 Å². The summed E-state index contributed by atoms with van der Waals surface area (Å²) in [6.45, 7) is 1.50. The molecule has 0 saturated carbocycles. The largest absolute Gasteiger partial charge is 0.369 e. The molecule has 1 heterocycles. The number of hydrogen-bond donors (Lipinski definition) is 0.